The summed E-state index contributed by atoms with van der Waals surface area (Å²) in [7, 11) is 1.46. The molecule has 0 unspecified atom stereocenters. The van der Waals surface area contributed by atoms with Gasteiger partial charge in [0.1, 0.15) is 0 Å². The van der Waals surface area contributed by atoms with Gasteiger partial charge < -0.3 is 9.84 Å². The fourth-order valence-electron chi connectivity index (χ4n) is 1.56. The van der Waals surface area contributed by atoms with Crippen molar-refractivity contribution >= 4 is 28.1 Å². The fourth-order valence-corrected chi connectivity index (χ4v) is 1.99. The SMILES string of the molecule is COc1ccc(/C=N\NC(=O)c2ccncc2)c(Br)c1O. The molecule has 108 valence electrons. The van der Waals surface area contributed by atoms with E-state index in [4.69, 9.17) is 4.74 Å². The molecule has 0 bridgehead atoms. The quantitative estimate of drug-likeness (QED) is 0.655. The number of nitrogens with one attached hydrogen (secondary N) is 1. The number of amides is 1. The summed E-state index contributed by atoms with van der Waals surface area (Å²) in [5.41, 5.74) is 3.45. The maximum Gasteiger partial charge on any atom is 0.271 e. The van der Waals surface area contributed by atoms with E-state index in [0.717, 1.165) is 0 Å². The van der Waals surface area contributed by atoms with Crippen LogP contribution in [-0.4, -0.2) is 29.3 Å². The number of pyridine rings is 1. The van der Waals surface area contributed by atoms with Crippen molar-refractivity contribution in [3.8, 4) is 11.5 Å². The van der Waals surface area contributed by atoms with Crippen LogP contribution in [0.3, 0.4) is 0 Å². The Morgan fingerprint density at radius 1 is 1.38 bits per heavy atom. The monoisotopic (exact) mass is 349 g/mol. The van der Waals surface area contributed by atoms with Gasteiger partial charge in [0.25, 0.3) is 5.91 Å². The lowest BCUT2D eigenvalue weighted by Crippen LogP contribution is -2.17. The molecule has 0 spiro atoms. The van der Waals surface area contributed by atoms with E-state index in [-0.39, 0.29) is 11.7 Å². The lowest BCUT2D eigenvalue weighted by Gasteiger charge is -2.06. The molecule has 6 nitrogen and oxygen atoms in total. The standard InChI is InChI=1S/C14H12BrN3O3/c1-21-11-3-2-10(12(15)13(11)19)8-17-18-14(20)9-4-6-16-7-5-9/h2-8,19H,1H3,(H,18,20)/b17-8-. The number of benzene rings is 1. The highest BCUT2D eigenvalue weighted by molar-refractivity contribution is 9.10. The molecule has 1 aromatic carbocycles. The lowest BCUT2D eigenvalue weighted by molar-refractivity contribution is 0.0955. The summed E-state index contributed by atoms with van der Waals surface area (Å²) in [6.45, 7) is 0. The van der Waals surface area contributed by atoms with Gasteiger partial charge in [0, 0.05) is 23.5 Å². The van der Waals surface area contributed by atoms with Gasteiger partial charge in [-0.15, -0.1) is 0 Å². The third-order valence-electron chi connectivity index (χ3n) is 2.64. The number of aromatic nitrogens is 1. The van der Waals surface area contributed by atoms with Crippen LogP contribution in [0, 0.1) is 0 Å². The predicted molar refractivity (Wildman–Crippen MR) is 81.7 cm³/mol. The zero-order valence-electron chi connectivity index (χ0n) is 11.1. The Balaban J connectivity index is 2.09. The third kappa shape index (κ3) is 3.57. The van der Waals surface area contributed by atoms with Crippen molar-refractivity contribution in [1.29, 1.82) is 0 Å². The molecule has 2 N–H and O–H groups in total. The third-order valence-corrected chi connectivity index (χ3v) is 3.47. The van der Waals surface area contributed by atoms with Crippen molar-refractivity contribution in [3.63, 3.8) is 0 Å². The Hall–Kier alpha value is -2.41. The smallest absolute Gasteiger partial charge is 0.271 e. The maximum absolute atomic E-state index is 11.8. The number of hydrazone groups is 1. The average Bonchev–Trinajstić information content (AvgIpc) is 2.52. The van der Waals surface area contributed by atoms with E-state index in [1.165, 1.54) is 25.7 Å². The number of hydrogen-bond donors (Lipinski definition) is 2. The highest BCUT2D eigenvalue weighted by Gasteiger charge is 2.09. The van der Waals surface area contributed by atoms with Crippen LogP contribution >= 0.6 is 15.9 Å². The van der Waals surface area contributed by atoms with Crippen molar-refractivity contribution in [2.75, 3.05) is 7.11 Å². The summed E-state index contributed by atoms with van der Waals surface area (Å²) < 4.78 is 5.42. The Bertz CT molecular complexity index is 675. The molecule has 0 aliphatic carbocycles. The number of halogens is 1. The average molecular weight is 350 g/mol. The molecule has 0 atom stereocenters. The van der Waals surface area contributed by atoms with E-state index >= 15 is 0 Å². The molecule has 0 fully saturated rings. The Morgan fingerprint density at radius 3 is 2.76 bits per heavy atom. The van der Waals surface area contributed by atoms with Crippen LogP contribution in [-0.2, 0) is 0 Å². The van der Waals surface area contributed by atoms with E-state index in [1.54, 1.807) is 24.3 Å². The van der Waals surface area contributed by atoms with Crippen LogP contribution in [0.5, 0.6) is 11.5 Å². The first kappa shape index (κ1) is 15.0. The van der Waals surface area contributed by atoms with E-state index < -0.39 is 0 Å². The minimum absolute atomic E-state index is 0.0260. The molecule has 21 heavy (non-hydrogen) atoms. The molecule has 2 rings (SSSR count). The molecule has 0 saturated heterocycles. The van der Waals surface area contributed by atoms with Gasteiger partial charge >= 0.3 is 0 Å². The molecule has 1 aromatic heterocycles. The number of hydrogen-bond acceptors (Lipinski definition) is 5. The zero-order chi connectivity index (χ0) is 15.2. The maximum atomic E-state index is 11.8. The van der Waals surface area contributed by atoms with Crippen LogP contribution in [0.4, 0.5) is 0 Å². The number of phenolic OH excluding ortho intramolecular Hbond substituents is 1. The van der Waals surface area contributed by atoms with Gasteiger partial charge in [0.15, 0.2) is 11.5 Å². The van der Waals surface area contributed by atoms with E-state index in [2.05, 4.69) is 31.4 Å². The van der Waals surface area contributed by atoms with Gasteiger partial charge in [-0.25, -0.2) is 5.43 Å². The molecular formula is C14H12BrN3O3. The van der Waals surface area contributed by atoms with Crippen molar-refractivity contribution in [2.45, 2.75) is 0 Å². The Labute approximate surface area is 129 Å². The van der Waals surface area contributed by atoms with Gasteiger partial charge in [0.2, 0.25) is 0 Å². The zero-order valence-corrected chi connectivity index (χ0v) is 12.7. The highest BCUT2D eigenvalue weighted by atomic mass is 79.9. The number of nitrogens with zero attached hydrogens (tertiary/aromatic N) is 2. The van der Waals surface area contributed by atoms with Crippen LogP contribution < -0.4 is 10.2 Å². The molecule has 7 heteroatoms. The lowest BCUT2D eigenvalue weighted by atomic mass is 10.2. The summed E-state index contributed by atoms with van der Waals surface area (Å²) in [4.78, 5) is 15.6. The number of carbonyl (C=O) groups is 1. The molecule has 2 aromatic rings. The topological polar surface area (TPSA) is 83.8 Å². The largest absolute Gasteiger partial charge is 0.503 e. The van der Waals surface area contributed by atoms with Crippen molar-refractivity contribution in [3.05, 3.63) is 52.3 Å². The first-order valence-electron chi connectivity index (χ1n) is 5.92. The summed E-state index contributed by atoms with van der Waals surface area (Å²) in [5.74, 6) is -0.0238. The molecule has 0 saturated carbocycles. The number of carbonyl (C=O) groups excluding carboxylic acids is 1. The van der Waals surface area contributed by atoms with Gasteiger partial charge in [0.05, 0.1) is 17.8 Å². The summed E-state index contributed by atoms with van der Waals surface area (Å²) in [6.07, 6.45) is 4.47. The normalized spacial score (nSPS) is 10.6. The van der Waals surface area contributed by atoms with Crippen LogP contribution in [0.25, 0.3) is 0 Å². The van der Waals surface area contributed by atoms with Crippen molar-refractivity contribution in [1.82, 2.24) is 10.4 Å². The van der Waals surface area contributed by atoms with Gasteiger partial charge in [-0.2, -0.15) is 5.10 Å². The number of methoxy groups -OCH3 is 1. The molecule has 0 aliphatic heterocycles. The Morgan fingerprint density at radius 2 is 2.10 bits per heavy atom. The number of phenols is 1. The van der Waals surface area contributed by atoms with Crippen LogP contribution in [0.15, 0.2) is 46.2 Å². The summed E-state index contributed by atoms with van der Waals surface area (Å²) in [6, 6.07) is 6.47. The number of aromatic hydroxyl groups is 1. The van der Waals surface area contributed by atoms with Crippen molar-refractivity contribution < 1.29 is 14.6 Å². The number of rotatable bonds is 4. The van der Waals surface area contributed by atoms with Crippen molar-refractivity contribution in [2.24, 2.45) is 5.10 Å². The second-order valence-corrected chi connectivity index (χ2v) is 4.75. The first-order valence-corrected chi connectivity index (χ1v) is 6.71. The molecular weight excluding hydrogens is 338 g/mol. The first-order chi connectivity index (χ1) is 10.1. The minimum Gasteiger partial charge on any atom is -0.503 e. The second-order valence-electron chi connectivity index (χ2n) is 3.95. The van der Waals surface area contributed by atoms with Gasteiger partial charge in [-0.3, -0.25) is 9.78 Å². The van der Waals surface area contributed by atoms with Gasteiger partial charge in [-0.1, -0.05) is 0 Å². The summed E-state index contributed by atoms with van der Waals surface area (Å²) in [5, 5.41) is 13.7. The second kappa shape index (κ2) is 6.85. The van der Waals surface area contributed by atoms with Gasteiger partial charge in [-0.05, 0) is 40.2 Å². The van der Waals surface area contributed by atoms with Crippen LogP contribution in [0.2, 0.25) is 0 Å². The van der Waals surface area contributed by atoms with E-state index in [1.807, 2.05) is 0 Å². The highest BCUT2D eigenvalue weighted by Crippen LogP contribution is 2.35. The number of ether oxygens (including phenoxy) is 1. The molecule has 0 aliphatic rings. The molecule has 0 radical (unpaired) electrons. The molecule has 1 amide bonds. The predicted octanol–water partition coefficient (Wildman–Crippen LogP) is 2.32. The minimum atomic E-state index is -0.345. The summed E-state index contributed by atoms with van der Waals surface area (Å²) >= 11 is 3.24. The van der Waals surface area contributed by atoms with E-state index in [9.17, 15) is 9.90 Å². The van der Waals surface area contributed by atoms with E-state index in [0.29, 0.717) is 21.3 Å². The Kier molecular flexibility index (Phi) is 4.89. The van der Waals surface area contributed by atoms with Crippen LogP contribution in [0.1, 0.15) is 15.9 Å². The fraction of sp³-hybridized carbons (Fsp3) is 0.0714. The molecule has 1 heterocycles.